The number of hydrogen-bond donors (Lipinski definition) is 2. The standard InChI is InChI=1S/C20H25N3OS/c1-5-23(6-2)19(24)16-9-11-17(12-10-16)21-20(25)22-18-13-14(3)7-8-15(18)4/h7-13H,5-6H2,1-4H3,(H2,21,22,25). The summed E-state index contributed by atoms with van der Waals surface area (Å²) in [5, 5.41) is 6.90. The minimum atomic E-state index is 0.0487. The van der Waals surface area contributed by atoms with Crippen LogP contribution in [0.4, 0.5) is 11.4 Å². The first kappa shape index (κ1) is 18.9. The van der Waals surface area contributed by atoms with E-state index >= 15 is 0 Å². The molecule has 2 aromatic carbocycles. The Morgan fingerprint density at radius 1 is 1.00 bits per heavy atom. The van der Waals surface area contributed by atoms with Gasteiger partial charge in [-0.25, -0.2) is 0 Å². The van der Waals surface area contributed by atoms with Gasteiger partial charge in [-0.05, 0) is 81.4 Å². The maximum absolute atomic E-state index is 12.3. The van der Waals surface area contributed by atoms with E-state index in [1.165, 1.54) is 5.56 Å². The number of benzene rings is 2. The Morgan fingerprint density at radius 3 is 2.24 bits per heavy atom. The van der Waals surface area contributed by atoms with Crippen molar-refractivity contribution in [3.05, 3.63) is 59.2 Å². The van der Waals surface area contributed by atoms with Crippen LogP contribution in [0.25, 0.3) is 0 Å². The fraction of sp³-hybridized carbons (Fsp3) is 0.300. The molecule has 0 fully saturated rings. The second-order valence-corrected chi connectivity index (χ2v) is 6.36. The molecule has 5 heteroatoms. The third-order valence-electron chi connectivity index (χ3n) is 4.08. The molecule has 0 heterocycles. The summed E-state index contributed by atoms with van der Waals surface area (Å²) in [5.41, 5.74) is 4.83. The minimum absolute atomic E-state index is 0.0487. The first-order chi connectivity index (χ1) is 11.9. The number of aryl methyl sites for hydroxylation is 2. The Bertz CT molecular complexity index is 752. The van der Waals surface area contributed by atoms with Crippen LogP contribution in [0.3, 0.4) is 0 Å². The highest BCUT2D eigenvalue weighted by Crippen LogP contribution is 2.17. The van der Waals surface area contributed by atoms with Crippen molar-refractivity contribution in [1.29, 1.82) is 0 Å². The average molecular weight is 356 g/mol. The van der Waals surface area contributed by atoms with Crippen molar-refractivity contribution in [2.45, 2.75) is 27.7 Å². The van der Waals surface area contributed by atoms with Crippen LogP contribution in [-0.4, -0.2) is 29.0 Å². The van der Waals surface area contributed by atoms with Gasteiger partial charge in [-0.3, -0.25) is 4.79 Å². The van der Waals surface area contributed by atoms with Crippen molar-refractivity contribution in [2.24, 2.45) is 0 Å². The van der Waals surface area contributed by atoms with E-state index in [1.807, 2.05) is 52.0 Å². The molecule has 132 valence electrons. The van der Waals surface area contributed by atoms with Gasteiger partial charge < -0.3 is 15.5 Å². The van der Waals surface area contributed by atoms with Crippen molar-refractivity contribution >= 4 is 34.6 Å². The number of anilines is 2. The minimum Gasteiger partial charge on any atom is -0.339 e. The maximum atomic E-state index is 12.3. The van der Waals surface area contributed by atoms with E-state index in [-0.39, 0.29) is 5.91 Å². The van der Waals surface area contributed by atoms with Gasteiger partial charge in [0.25, 0.3) is 5.91 Å². The molecule has 0 aliphatic heterocycles. The number of thiocarbonyl (C=S) groups is 1. The lowest BCUT2D eigenvalue weighted by molar-refractivity contribution is 0.0773. The molecule has 0 bridgehead atoms. The van der Waals surface area contributed by atoms with Gasteiger partial charge in [0.05, 0.1) is 0 Å². The van der Waals surface area contributed by atoms with Crippen LogP contribution in [0, 0.1) is 13.8 Å². The Balaban J connectivity index is 2.02. The molecule has 0 aromatic heterocycles. The number of nitrogens with zero attached hydrogens (tertiary/aromatic N) is 1. The summed E-state index contributed by atoms with van der Waals surface area (Å²) < 4.78 is 0. The summed E-state index contributed by atoms with van der Waals surface area (Å²) in [6, 6.07) is 13.6. The van der Waals surface area contributed by atoms with Gasteiger partial charge in [0, 0.05) is 30.0 Å². The molecule has 0 radical (unpaired) electrons. The SMILES string of the molecule is CCN(CC)C(=O)c1ccc(NC(=S)Nc2cc(C)ccc2C)cc1. The van der Waals surface area contributed by atoms with E-state index < -0.39 is 0 Å². The second kappa shape index (κ2) is 8.62. The van der Waals surface area contributed by atoms with Crippen molar-refractivity contribution in [3.63, 3.8) is 0 Å². The van der Waals surface area contributed by atoms with Crippen molar-refractivity contribution in [3.8, 4) is 0 Å². The lowest BCUT2D eigenvalue weighted by atomic mass is 10.1. The van der Waals surface area contributed by atoms with Gasteiger partial charge in [0.15, 0.2) is 5.11 Å². The molecule has 2 N–H and O–H groups in total. The highest BCUT2D eigenvalue weighted by molar-refractivity contribution is 7.80. The van der Waals surface area contributed by atoms with E-state index in [4.69, 9.17) is 12.2 Å². The third kappa shape index (κ3) is 5.03. The van der Waals surface area contributed by atoms with Crippen LogP contribution in [0.1, 0.15) is 35.3 Å². The zero-order valence-electron chi connectivity index (χ0n) is 15.2. The number of amides is 1. The molecule has 0 spiro atoms. The van der Waals surface area contributed by atoms with Crippen molar-refractivity contribution in [1.82, 2.24) is 4.90 Å². The molecule has 0 saturated carbocycles. The van der Waals surface area contributed by atoms with E-state index in [0.717, 1.165) is 16.9 Å². The largest absolute Gasteiger partial charge is 0.339 e. The summed E-state index contributed by atoms with van der Waals surface area (Å²) in [5.74, 6) is 0.0487. The molecule has 0 atom stereocenters. The van der Waals surface area contributed by atoms with Crippen molar-refractivity contribution in [2.75, 3.05) is 23.7 Å². The molecule has 1 amide bonds. The van der Waals surface area contributed by atoms with Crippen LogP contribution in [0.5, 0.6) is 0 Å². The van der Waals surface area contributed by atoms with Crippen LogP contribution < -0.4 is 10.6 Å². The predicted octanol–water partition coefficient (Wildman–Crippen LogP) is 4.59. The lowest BCUT2D eigenvalue weighted by Gasteiger charge is -2.19. The van der Waals surface area contributed by atoms with E-state index in [1.54, 1.807) is 4.90 Å². The average Bonchev–Trinajstić information content (AvgIpc) is 2.59. The van der Waals surface area contributed by atoms with Crippen LogP contribution >= 0.6 is 12.2 Å². The Hall–Kier alpha value is -2.40. The van der Waals surface area contributed by atoms with Gasteiger partial charge in [0.2, 0.25) is 0 Å². The number of carbonyl (C=O) groups excluding carboxylic acids is 1. The summed E-state index contributed by atoms with van der Waals surface area (Å²) in [4.78, 5) is 14.1. The molecule has 2 aromatic rings. The first-order valence-corrected chi connectivity index (χ1v) is 8.90. The highest BCUT2D eigenvalue weighted by Gasteiger charge is 2.12. The molecular formula is C20H25N3OS. The van der Waals surface area contributed by atoms with E-state index in [0.29, 0.717) is 23.8 Å². The zero-order chi connectivity index (χ0) is 18.4. The summed E-state index contributed by atoms with van der Waals surface area (Å²) in [6.07, 6.45) is 0. The molecule has 2 rings (SSSR count). The Labute approximate surface area is 155 Å². The van der Waals surface area contributed by atoms with Gasteiger partial charge in [-0.15, -0.1) is 0 Å². The Kier molecular flexibility index (Phi) is 6.53. The first-order valence-electron chi connectivity index (χ1n) is 8.49. The van der Waals surface area contributed by atoms with Gasteiger partial charge in [0.1, 0.15) is 0 Å². The van der Waals surface area contributed by atoms with Crippen LogP contribution in [0.15, 0.2) is 42.5 Å². The fourth-order valence-electron chi connectivity index (χ4n) is 2.54. The maximum Gasteiger partial charge on any atom is 0.253 e. The van der Waals surface area contributed by atoms with Crippen molar-refractivity contribution < 1.29 is 4.79 Å². The topological polar surface area (TPSA) is 44.4 Å². The normalized spacial score (nSPS) is 10.2. The smallest absolute Gasteiger partial charge is 0.253 e. The lowest BCUT2D eigenvalue weighted by Crippen LogP contribution is -2.30. The van der Waals surface area contributed by atoms with Gasteiger partial charge >= 0.3 is 0 Å². The molecule has 4 nitrogen and oxygen atoms in total. The number of carbonyl (C=O) groups is 1. The molecule has 0 unspecified atom stereocenters. The van der Waals surface area contributed by atoms with E-state index in [2.05, 4.69) is 28.8 Å². The number of hydrogen-bond acceptors (Lipinski definition) is 2. The van der Waals surface area contributed by atoms with E-state index in [9.17, 15) is 4.79 Å². The monoisotopic (exact) mass is 355 g/mol. The van der Waals surface area contributed by atoms with Gasteiger partial charge in [-0.1, -0.05) is 12.1 Å². The quantitative estimate of drug-likeness (QED) is 0.770. The molecular weight excluding hydrogens is 330 g/mol. The third-order valence-corrected chi connectivity index (χ3v) is 4.29. The second-order valence-electron chi connectivity index (χ2n) is 5.95. The fourth-order valence-corrected chi connectivity index (χ4v) is 2.77. The highest BCUT2D eigenvalue weighted by atomic mass is 32.1. The zero-order valence-corrected chi connectivity index (χ0v) is 16.0. The molecule has 0 aliphatic carbocycles. The van der Waals surface area contributed by atoms with Crippen LogP contribution in [0.2, 0.25) is 0 Å². The molecule has 25 heavy (non-hydrogen) atoms. The number of nitrogens with one attached hydrogen (secondary N) is 2. The summed E-state index contributed by atoms with van der Waals surface area (Å²) in [6.45, 7) is 9.46. The number of rotatable bonds is 5. The summed E-state index contributed by atoms with van der Waals surface area (Å²) in [7, 11) is 0. The predicted molar refractivity (Wildman–Crippen MR) is 109 cm³/mol. The van der Waals surface area contributed by atoms with Gasteiger partial charge in [-0.2, -0.15) is 0 Å². The molecule has 0 aliphatic rings. The molecule has 0 saturated heterocycles. The Morgan fingerprint density at radius 2 is 1.64 bits per heavy atom. The summed E-state index contributed by atoms with van der Waals surface area (Å²) >= 11 is 5.39. The van der Waals surface area contributed by atoms with Crippen LogP contribution in [-0.2, 0) is 0 Å².